The Hall–Kier alpha value is -2.89. The van der Waals surface area contributed by atoms with E-state index in [1.54, 1.807) is 12.1 Å². The number of hydrogen-bond acceptors (Lipinski definition) is 5. The van der Waals surface area contributed by atoms with Gasteiger partial charge in [-0.25, -0.2) is 0 Å². The van der Waals surface area contributed by atoms with Crippen LogP contribution >= 0.6 is 0 Å². The van der Waals surface area contributed by atoms with Gasteiger partial charge < -0.3 is 10.1 Å². The average Bonchev–Trinajstić information content (AvgIpc) is 2.57. The van der Waals surface area contributed by atoms with Crippen LogP contribution < -0.4 is 10.1 Å². The Morgan fingerprint density at radius 1 is 1.14 bits per heavy atom. The number of aliphatic imine (C=N–C) groups is 1. The molecule has 0 saturated carbocycles. The standard InChI is InChI=1S/C16H15N3O3/c20-19(21)12-6-8-13(9-7-12)22-15-5-2-1-4-14(15)16-17-10-3-11-18-16/h1-2,4-9H,3,10-11H2,(H,17,18). The van der Waals surface area contributed by atoms with Crippen LogP contribution in [0.25, 0.3) is 0 Å². The molecule has 0 aliphatic carbocycles. The largest absolute Gasteiger partial charge is 0.457 e. The second kappa shape index (κ2) is 6.26. The van der Waals surface area contributed by atoms with Crippen molar-refractivity contribution in [3.05, 3.63) is 64.2 Å². The van der Waals surface area contributed by atoms with Gasteiger partial charge in [-0.15, -0.1) is 0 Å². The Labute approximate surface area is 127 Å². The number of rotatable bonds is 4. The van der Waals surface area contributed by atoms with Crippen LogP contribution in [-0.4, -0.2) is 23.8 Å². The van der Waals surface area contributed by atoms with E-state index in [1.807, 2.05) is 24.3 Å². The van der Waals surface area contributed by atoms with Gasteiger partial charge in [-0.1, -0.05) is 12.1 Å². The molecule has 0 amide bonds. The molecule has 1 aliphatic heterocycles. The first-order valence-corrected chi connectivity index (χ1v) is 7.04. The molecule has 6 heteroatoms. The van der Waals surface area contributed by atoms with Gasteiger partial charge in [-0.3, -0.25) is 15.1 Å². The number of nitro benzene ring substituents is 1. The lowest BCUT2D eigenvalue weighted by Crippen LogP contribution is -2.30. The van der Waals surface area contributed by atoms with Gasteiger partial charge in [0.25, 0.3) is 5.69 Å². The number of para-hydroxylation sites is 1. The monoisotopic (exact) mass is 297 g/mol. The fraction of sp³-hybridized carbons (Fsp3) is 0.188. The topological polar surface area (TPSA) is 76.8 Å². The SMILES string of the molecule is O=[N+]([O-])c1ccc(Oc2ccccc2C2=NCCCN2)cc1. The van der Waals surface area contributed by atoms with E-state index in [0.717, 1.165) is 30.9 Å². The molecule has 3 rings (SSSR count). The van der Waals surface area contributed by atoms with Crippen molar-refractivity contribution in [1.29, 1.82) is 0 Å². The van der Waals surface area contributed by atoms with Crippen molar-refractivity contribution in [3.63, 3.8) is 0 Å². The summed E-state index contributed by atoms with van der Waals surface area (Å²) in [5, 5.41) is 13.9. The Bertz CT molecular complexity index is 711. The average molecular weight is 297 g/mol. The van der Waals surface area contributed by atoms with Gasteiger partial charge in [0.15, 0.2) is 0 Å². The summed E-state index contributed by atoms with van der Waals surface area (Å²) in [4.78, 5) is 14.7. The van der Waals surface area contributed by atoms with Crippen molar-refractivity contribution in [2.75, 3.05) is 13.1 Å². The van der Waals surface area contributed by atoms with Gasteiger partial charge in [0.05, 0.1) is 10.5 Å². The van der Waals surface area contributed by atoms with Crippen molar-refractivity contribution in [2.24, 2.45) is 4.99 Å². The maximum absolute atomic E-state index is 10.7. The normalized spacial score (nSPS) is 13.9. The number of hydrogen-bond donors (Lipinski definition) is 1. The molecule has 2 aromatic carbocycles. The second-order valence-corrected chi connectivity index (χ2v) is 4.86. The maximum Gasteiger partial charge on any atom is 0.269 e. The van der Waals surface area contributed by atoms with Gasteiger partial charge in [0.1, 0.15) is 17.3 Å². The van der Waals surface area contributed by atoms with Crippen molar-refractivity contribution >= 4 is 11.5 Å². The molecule has 0 aromatic heterocycles. The molecule has 22 heavy (non-hydrogen) atoms. The summed E-state index contributed by atoms with van der Waals surface area (Å²) < 4.78 is 5.85. The minimum atomic E-state index is -0.432. The molecule has 1 N–H and O–H groups in total. The molecular formula is C16H15N3O3. The van der Waals surface area contributed by atoms with Gasteiger partial charge in [0.2, 0.25) is 0 Å². The highest BCUT2D eigenvalue weighted by molar-refractivity contribution is 6.01. The lowest BCUT2D eigenvalue weighted by Gasteiger charge is -2.17. The van der Waals surface area contributed by atoms with Crippen LogP contribution in [-0.2, 0) is 0 Å². The zero-order valence-corrected chi connectivity index (χ0v) is 11.9. The fourth-order valence-corrected chi connectivity index (χ4v) is 2.23. The predicted octanol–water partition coefficient (Wildman–Crippen LogP) is 3.13. The summed E-state index contributed by atoms with van der Waals surface area (Å²) in [7, 11) is 0. The van der Waals surface area contributed by atoms with E-state index < -0.39 is 4.92 Å². The van der Waals surface area contributed by atoms with Crippen LogP contribution in [0.1, 0.15) is 12.0 Å². The van der Waals surface area contributed by atoms with E-state index in [9.17, 15) is 10.1 Å². The highest BCUT2D eigenvalue weighted by Crippen LogP contribution is 2.27. The summed E-state index contributed by atoms with van der Waals surface area (Å²) in [5.41, 5.74) is 0.930. The van der Waals surface area contributed by atoms with Crippen molar-refractivity contribution in [1.82, 2.24) is 5.32 Å². The highest BCUT2D eigenvalue weighted by Gasteiger charge is 2.13. The first-order valence-electron chi connectivity index (χ1n) is 7.04. The van der Waals surface area contributed by atoms with Gasteiger partial charge in [0, 0.05) is 25.2 Å². The summed E-state index contributed by atoms with van der Waals surface area (Å²) in [6.07, 6.45) is 1.02. The number of nitrogens with one attached hydrogen (secondary N) is 1. The number of nitrogens with zero attached hydrogens (tertiary/aromatic N) is 2. The number of ether oxygens (including phenoxy) is 1. The Morgan fingerprint density at radius 2 is 1.91 bits per heavy atom. The van der Waals surface area contributed by atoms with E-state index in [1.165, 1.54) is 12.1 Å². The quantitative estimate of drug-likeness (QED) is 0.694. The summed E-state index contributed by atoms with van der Waals surface area (Å²) in [6.45, 7) is 1.69. The molecule has 0 unspecified atom stereocenters. The van der Waals surface area contributed by atoms with Gasteiger partial charge >= 0.3 is 0 Å². The van der Waals surface area contributed by atoms with Crippen molar-refractivity contribution in [2.45, 2.75) is 6.42 Å². The molecule has 0 atom stereocenters. The minimum absolute atomic E-state index is 0.0407. The first kappa shape index (κ1) is 14.1. The molecule has 0 bridgehead atoms. The summed E-state index contributed by atoms with van der Waals surface area (Å²) in [6, 6.07) is 13.6. The van der Waals surface area contributed by atoms with E-state index in [-0.39, 0.29) is 5.69 Å². The molecule has 1 aliphatic rings. The molecular weight excluding hydrogens is 282 g/mol. The number of amidine groups is 1. The summed E-state index contributed by atoms with van der Waals surface area (Å²) in [5.74, 6) is 2.04. The Balaban J connectivity index is 1.86. The zero-order chi connectivity index (χ0) is 15.4. The summed E-state index contributed by atoms with van der Waals surface area (Å²) >= 11 is 0. The molecule has 0 saturated heterocycles. The van der Waals surface area contributed by atoms with Crippen LogP contribution in [0.2, 0.25) is 0 Å². The number of non-ortho nitro benzene ring substituents is 1. The second-order valence-electron chi connectivity index (χ2n) is 4.86. The Kier molecular flexibility index (Phi) is 4.00. The van der Waals surface area contributed by atoms with Crippen LogP contribution in [0, 0.1) is 10.1 Å². The molecule has 2 aromatic rings. The lowest BCUT2D eigenvalue weighted by molar-refractivity contribution is -0.384. The van der Waals surface area contributed by atoms with Gasteiger partial charge in [-0.05, 0) is 30.7 Å². The molecule has 0 spiro atoms. The van der Waals surface area contributed by atoms with Crippen LogP contribution in [0.15, 0.2) is 53.5 Å². The van der Waals surface area contributed by atoms with Crippen molar-refractivity contribution in [3.8, 4) is 11.5 Å². The maximum atomic E-state index is 10.7. The Morgan fingerprint density at radius 3 is 2.59 bits per heavy atom. The van der Waals surface area contributed by atoms with Crippen LogP contribution in [0.5, 0.6) is 11.5 Å². The molecule has 0 radical (unpaired) electrons. The van der Waals surface area contributed by atoms with E-state index in [4.69, 9.17) is 4.74 Å². The van der Waals surface area contributed by atoms with Gasteiger partial charge in [-0.2, -0.15) is 0 Å². The third kappa shape index (κ3) is 3.06. The lowest BCUT2D eigenvalue weighted by atomic mass is 10.1. The zero-order valence-electron chi connectivity index (χ0n) is 11.9. The first-order chi connectivity index (χ1) is 10.7. The van der Waals surface area contributed by atoms with E-state index >= 15 is 0 Å². The highest BCUT2D eigenvalue weighted by atomic mass is 16.6. The van der Waals surface area contributed by atoms with Crippen molar-refractivity contribution < 1.29 is 9.66 Å². The van der Waals surface area contributed by atoms with E-state index in [2.05, 4.69) is 10.3 Å². The number of benzene rings is 2. The van der Waals surface area contributed by atoms with Crippen LogP contribution in [0.4, 0.5) is 5.69 Å². The smallest absolute Gasteiger partial charge is 0.269 e. The molecule has 1 heterocycles. The predicted molar refractivity (Wildman–Crippen MR) is 83.6 cm³/mol. The fourth-order valence-electron chi connectivity index (χ4n) is 2.23. The molecule has 6 nitrogen and oxygen atoms in total. The third-order valence-corrected chi connectivity index (χ3v) is 3.31. The minimum Gasteiger partial charge on any atom is -0.457 e. The number of nitro groups is 1. The molecule has 112 valence electrons. The third-order valence-electron chi connectivity index (χ3n) is 3.31. The van der Waals surface area contributed by atoms with Crippen LogP contribution in [0.3, 0.4) is 0 Å². The van der Waals surface area contributed by atoms with E-state index in [0.29, 0.717) is 11.5 Å². The molecule has 0 fully saturated rings.